The van der Waals surface area contributed by atoms with Crippen LogP contribution in [-0.4, -0.2) is 30.3 Å². The van der Waals surface area contributed by atoms with Gasteiger partial charge in [-0.2, -0.15) is 0 Å². The van der Waals surface area contributed by atoms with Gasteiger partial charge in [0.1, 0.15) is 0 Å². The zero-order valence-corrected chi connectivity index (χ0v) is 13.5. The first kappa shape index (κ1) is 17.2. The van der Waals surface area contributed by atoms with E-state index in [2.05, 4.69) is 5.32 Å². The van der Waals surface area contributed by atoms with Crippen LogP contribution in [0.25, 0.3) is 0 Å². The maximum atomic E-state index is 12.2. The molecule has 2 rings (SSSR count). The molecule has 2 atom stereocenters. The summed E-state index contributed by atoms with van der Waals surface area (Å²) in [5.41, 5.74) is 2.63. The monoisotopic (exact) mass is 313 g/mol. The molecule has 2 aromatic rings. The van der Waals surface area contributed by atoms with E-state index >= 15 is 0 Å². The van der Waals surface area contributed by atoms with E-state index in [9.17, 15) is 9.90 Å². The number of rotatable bonds is 7. The lowest BCUT2D eigenvalue weighted by Gasteiger charge is -2.20. The highest BCUT2D eigenvalue weighted by Crippen LogP contribution is 2.09. The number of carbonyl (C=O) groups excluding carboxylic acids is 1. The third-order valence-corrected chi connectivity index (χ3v) is 3.75. The van der Waals surface area contributed by atoms with Gasteiger partial charge in [0.25, 0.3) is 5.91 Å². The first-order valence-electron chi connectivity index (χ1n) is 7.71. The van der Waals surface area contributed by atoms with Crippen LogP contribution < -0.4 is 5.32 Å². The fourth-order valence-electron chi connectivity index (χ4n) is 2.34. The molecule has 0 heterocycles. The average molecular weight is 313 g/mol. The average Bonchev–Trinajstić information content (AvgIpc) is 2.56. The number of hydrogen-bond donors (Lipinski definition) is 2. The molecule has 23 heavy (non-hydrogen) atoms. The van der Waals surface area contributed by atoms with E-state index in [0.717, 1.165) is 11.1 Å². The summed E-state index contributed by atoms with van der Waals surface area (Å²) in [5, 5.41) is 13.1. The minimum absolute atomic E-state index is 0.187. The van der Waals surface area contributed by atoms with Crippen molar-refractivity contribution in [1.82, 2.24) is 5.32 Å². The second kappa shape index (κ2) is 8.46. The van der Waals surface area contributed by atoms with E-state index in [1.54, 1.807) is 19.2 Å². The molecule has 0 spiro atoms. The highest BCUT2D eigenvalue weighted by Gasteiger charge is 2.17. The van der Waals surface area contributed by atoms with Gasteiger partial charge in [-0.1, -0.05) is 42.5 Å². The largest absolute Gasteiger partial charge is 0.391 e. The predicted molar refractivity (Wildman–Crippen MR) is 90.2 cm³/mol. The number of methoxy groups -OCH3 is 1. The number of benzene rings is 2. The predicted octanol–water partition coefficient (Wildman–Crippen LogP) is 2.55. The molecule has 2 aromatic carbocycles. The van der Waals surface area contributed by atoms with Crippen molar-refractivity contribution in [2.75, 3.05) is 7.11 Å². The summed E-state index contributed by atoms with van der Waals surface area (Å²) in [5.74, 6) is -0.187. The van der Waals surface area contributed by atoms with Gasteiger partial charge in [-0.05, 0) is 30.2 Å². The number of nitrogens with one attached hydrogen (secondary N) is 1. The number of amides is 1. The standard InChI is InChI=1S/C19H23NO3/c1-14(18(21)12-15-6-4-3-5-7-15)20-19(22)17-10-8-16(9-11-17)13-23-2/h3-11,14,18,21H,12-13H2,1-2H3,(H,20,22). The van der Waals surface area contributed by atoms with Crippen molar-refractivity contribution in [3.8, 4) is 0 Å². The van der Waals surface area contributed by atoms with Crippen LogP contribution in [0.3, 0.4) is 0 Å². The van der Waals surface area contributed by atoms with Crippen molar-refractivity contribution < 1.29 is 14.6 Å². The van der Waals surface area contributed by atoms with E-state index in [1.165, 1.54) is 0 Å². The number of aliphatic hydroxyl groups is 1. The molecule has 4 heteroatoms. The van der Waals surface area contributed by atoms with Gasteiger partial charge in [-0.3, -0.25) is 4.79 Å². The second-order valence-electron chi connectivity index (χ2n) is 5.65. The quantitative estimate of drug-likeness (QED) is 0.826. The Kier molecular flexibility index (Phi) is 6.32. The minimum atomic E-state index is -0.630. The smallest absolute Gasteiger partial charge is 0.251 e. The summed E-state index contributed by atoms with van der Waals surface area (Å²) in [6.07, 6.45) is -0.121. The summed E-state index contributed by atoms with van der Waals surface area (Å²) in [4.78, 5) is 12.2. The van der Waals surface area contributed by atoms with Crippen molar-refractivity contribution >= 4 is 5.91 Å². The molecule has 0 bridgehead atoms. The highest BCUT2D eigenvalue weighted by atomic mass is 16.5. The summed E-state index contributed by atoms with van der Waals surface area (Å²) >= 11 is 0. The van der Waals surface area contributed by atoms with Crippen LogP contribution in [0.15, 0.2) is 54.6 Å². The lowest BCUT2D eigenvalue weighted by molar-refractivity contribution is 0.0851. The zero-order valence-electron chi connectivity index (χ0n) is 13.5. The highest BCUT2D eigenvalue weighted by molar-refractivity contribution is 5.94. The van der Waals surface area contributed by atoms with Gasteiger partial charge in [0.2, 0.25) is 0 Å². The Hall–Kier alpha value is -2.17. The van der Waals surface area contributed by atoms with Crippen LogP contribution in [0.1, 0.15) is 28.4 Å². The normalized spacial score (nSPS) is 13.3. The Bertz CT molecular complexity index is 610. The molecule has 0 saturated heterocycles. The summed E-state index contributed by atoms with van der Waals surface area (Å²) in [6.45, 7) is 2.33. The third kappa shape index (κ3) is 5.20. The zero-order chi connectivity index (χ0) is 16.7. The van der Waals surface area contributed by atoms with Gasteiger partial charge >= 0.3 is 0 Å². The first-order chi connectivity index (χ1) is 11.1. The van der Waals surface area contributed by atoms with Gasteiger partial charge in [0.15, 0.2) is 0 Å². The lowest BCUT2D eigenvalue weighted by atomic mass is 10.0. The van der Waals surface area contributed by atoms with Crippen LogP contribution in [0, 0.1) is 0 Å². The SMILES string of the molecule is COCc1ccc(C(=O)NC(C)C(O)Cc2ccccc2)cc1. The van der Waals surface area contributed by atoms with E-state index < -0.39 is 6.10 Å². The summed E-state index contributed by atoms with van der Waals surface area (Å²) in [6, 6.07) is 16.7. The molecule has 0 aliphatic carbocycles. The molecule has 1 amide bonds. The molecule has 0 radical (unpaired) electrons. The fraction of sp³-hybridized carbons (Fsp3) is 0.316. The van der Waals surface area contributed by atoms with Gasteiger partial charge in [0, 0.05) is 19.1 Å². The van der Waals surface area contributed by atoms with Crippen molar-refractivity contribution in [2.45, 2.75) is 32.1 Å². The first-order valence-corrected chi connectivity index (χ1v) is 7.71. The number of ether oxygens (including phenoxy) is 1. The molecular weight excluding hydrogens is 290 g/mol. The Morgan fingerprint density at radius 3 is 2.35 bits per heavy atom. The van der Waals surface area contributed by atoms with Crippen LogP contribution in [0.2, 0.25) is 0 Å². The second-order valence-corrected chi connectivity index (χ2v) is 5.65. The van der Waals surface area contributed by atoms with Crippen molar-refractivity contribution in [2.24, 2.45) is 0 Å². The maximum Gasteiger partial charge on any atom is 0.251 e. The maximum absolute atomic E-state index is 12.2. The minimum Gasteiger partial charge on any atom is -0.391 e. The Morgan fingerprint density at radius 1 is 1.09 bits per heavy atom. The van der Waals surface area contributed by atoms with Crippen LogP contribution in [-0.2, 0) is 17.8 Å². The summed E-state index contributed by atoms with van der Waals surface area (Å²) < 4.78 is 5.05. The van der Waals surface area contributed by atoms with Crippen molar-refractivity contribution in [3.05, 3.63) is 71.3 Å². The van der Waals surface area contributed by atoms with Crippen molar-refractivity contribution in [1.29, 1.82) is 0 Å². The molecule has 4 nitrogen and oxygen atoms in total. The van der Waals surface area contributed by atoms with Gasteiger partial charge in [0.05, 0.1) is 18.8 Å². The van der Waals surface area contributed by atoms with Gasteiger partial charge in [-0.15, -0.1) is 0 Å². The van der Waals surface area contributed by atoms with Gasteiger partial charge in [-0.25, -0.2) is 0 Å². The number of aliphatic hydroxyl groups excluding tert-OH is 1. The molecular formula is C19H23NO3. The van der Waals surface area contributed by atoms with Crippen LogP contribution >= 0.6 is 0 Å². The molecule has 2 N–H and O–H groups in total. The lowest BCUT2D eigenvalue weighted by Crippen LogP contribution is -2.42. The van der Waals surface area contributed by atoms with E-state index in [0.29, 0.717) is 18.6 Å². The molecule has 0 fully saturated rings. The molecule has 2 unspecified atom stereocenters. The van der Waals surface area contributed by atoms with E-state index in [1.807, 2.05) is 49.4 Å². The van der Waals surface area contributed by atoms with Crippen molar-refractivity contribution in [3.63, 3.8) is 0 Å². The topological polar surface area (TPSA) is 58.6 Å². The van der Waals surface area contributed by atoms with Crippen LogP contribution in [0.5, 0.6) is 0 Å². The Labute approximate surface area is 137 Å². The molecule has 0 aliphatic rings. The molecule has 0 saturated carbocycles. The third-order valence-electron chi connectivity index (χ3n) is 3.75. The Balaban J connectivity index is 1.90. The summed E-state index contributed by atoms with van der Waals surface area (Å²) in [7, 11) is 1.64. The number of carbonyl (C=O) groups is 1. The molecule has 122 valence electrons. The van der Waals surface area contributed by atoms with Crippen LogP contribution in [0.4, 0.5) is 0 Å². The molecule has 0 aromatic heterocycles. The number of hydrogen-bond acceptors (Lipinski definition) is 3. The fourth-order valence-corrected chi connectivity index (χ4v) is 2.34. The molecule has 0 aliphatic heterocycles. The Morgan fingerprint density at radius 2 is 1.74 bits per heavy atom. The van der Waals surface area contributed by atoms with E-state index in [-0.39, 0.29) is 11.9 Å². The van der Waals surface area contributed by atoms with Gasteiger partial charge < -0.3 is 15.2 Å². The van der Waals surface area contributed by atoms with E-state index in [4.69, 9.17) is 4.74 Å².